The number of esters is 1. The van der Waals surface area contributed by atoms with Gasteiger partial charge in [-0.15, -0.1) is 23.7 Å². The number of benzene rings is 1. The number of unbranched alkanes of at least 4 members (excludes halogenated alkanes) is 1. The standard InChI is InChI=1S/C16H15NO2S/c1-3-4-8-11-19-16(18)14-12(2)17-15(20-14)13-9-6-5-7-10-13/h1,5-7,9-10H,4,8,11H2,2H3. The minimum absolute atomic E-state index is 0.320. The zero-order valence-electron chi connectivity index (χ0n) is 11.3. The Kier molecular flexibility index (Phi) is 4.91. The summed E-state index contributed by atoms with van der Waals surface area (Å²) in [6.07, 6.45) is 6.45. The zero-order chi connectivity index (χ0) is 14.4. The average Bonchev–Trinajstić information content (AvgIpc) is 2.86. The highest BCUT2D eigenvalue weighted by molar-refractivity contribution is 7.17. The molecular formula is C16H15NO2S. The molecule has 0 fully saturated rings. The third-order valence-corrected chi connectivity index (χ3v) is 3.89. The van der Waals surface area contributed by atoms with E-state index in [4.69, 9.17) is 11.2 Å². The van der Waals surface area contributed by atoms with Gasteiger partial charge in [0, 0.05) is 12.0 Å². The summed E-state index contributed by atoms with van der Waals surface area (Å²) < 4.78 is 5.20. The van der Waals surface area contributed by atoms with Gasteiger partial charge in [-0.1, -0.05) is 30.3 Å². The molecule has 1 aromatic carbocycles. The zero-order valence-corrected chi connectivity index (χ0v) is 12.1. The summed E-state index contributed by atoms with van der Waals surface area (Å²) >= 11 is 1.36. The van der Waals surface area contributed by atoms with Crippen molar-refractivity contribution < 1.29 is 9.53 Å². The SMILES string of the molecule is C#CCCCOC(=O)c1sc(-c2ccccc2)nc1C. The normalized spacial score (nSPS) is 10.0. The molecule has 2 rings (SSSR count). The predicted octanol–water partition coefficient (Wildman–Crippen LogP) is 3.69. The number of carbonyl (C=O) groups is 1. The molecule has 0 aliphatic heterocycles. The van der Waals surface area contributed by atoms with E-state index >= 15 is 0 Å². The predicted molar refractivity (Wildman–Crippen MR) is 80.6 cm³/mol. The summed E-state index contributed by atoms with van der Waals surface area (Å²) in [7, 11) is 0. The number of hydrogen-bond donors (Lipinski definition) is 0. The summed E-state index contributed by atoms with van der Waals surface area (Å²) in [5, 5.41) is 0.832. The molecule has 102 valence electrons. The van der Waals surface area contributed by atoms with E-state index in [2.05, 4.69) is 10.9 Å². The number of rotatable bonds is 5. The van der Waals surface area contributed by atoms with Crippen molar-refractivity contribution in [2.75, 3.05) is 6.61 Å². The van der Waals surface area contributed by atoms with Crippen LogP contribution in [0.15, 0.2) is 30.3 Å². The molecule has 0 bridgehead atoms. The lowest BCUT2D eigenvalue weighted by atomic mass is 10.2. The second-order valence-corrected chi connectivity index (χ2v) is 5.24. The highest BCUT2D eigenvalue weighted by Gasteiger charge is 2.17. The Morgan fingerprint density at radius 1 is 1.40 bits per heavy atom. The molecule has 20 heavy (non-hydrogen) atoms. The number of aromatic nitrogens is 1. The number of terminal acetylenes is 1. The van der Waals surface area contributed by atoms with Crippen LogP contribution in [0.1, 0.15) is 28.2 Å². The first-order valence-corrected chi connectivity index (χ1v) is 7.17. The van der Waals surface area contributed by atoms with Crippen molar-refractivity contribution in [2.24, 2.45) is 0 Å². The maximum Gasteiger partial charge on any atom is 0.350 e. The second kappa shape index (κ2) is 6.88. The highest BCUT2D eigenvalue weighted by Crippen LogP contribution is 2.28. The highest BCUT2D eigenvalue weighted by atomic mass is 32.1. The first-order chi connectivity index (χ1) is 9.72. The first-order valence-electron chi connectivity index (χ1n) is 6.36. The topological polar surface area (TPSA) is 39.2 Å². The van der Waals surface area contributed by atoms with Gasteiger partial charge in [0.15, 0.2) is 0 Å². The molecule has 0 aliphatic rings. The molecule has 0 amide bonds. The van der Waals surface area contributed by atoms with Crippen LogP contribution in [-0.4, -0.2) is 17.6 Å². The summed E-state index contributed by atoms with van der Waals surface area (Å²) in [5.41, 5.74) is 1.71. The van der Waals surface area contributed by atoms with Crippen LogP contribution in [-0.2, 0) is 4.74 Å². The van der Waals surface area contributed by atoms with Gasteiger partial charge in [0.2, 0.25) is 0 Å². The number of hydrogen-bond acceptors (Lipinski definition) is 4. The van der Waals surface area contributed by atoms with Crippen LogP contribution in [0.25, 0.3) is 10.6 Å². The van der Waals surface area contributed by atoms with Crippen molar-refractivity contribution >= 4 is 17.3 Å². The molecule has 0 N–H and O–H groups in total. The quantitative estimate of drug-likeness (QED) is 0.478. The van der Waals surface area contributed by atoms with Crippen LogP contribution in [0, 0.1) is 19.3 Å². The van der Waals surface area contributed by atoms with Gasteiger partial charge in [0.1, 0.15) is 9.88 Å². The van der Waals surface area contributed by atoms with Crippen LogP contribution >= 0.6 is 11.3 Å². The van der Waals surface area contributed by atoms with E-state index in [0.29, 0.717) is 30.0 Å². The number of ether oxygens (including phenoxy) is 1. The van der Waals surface area contributed by atoms with E-state index in [1.807, 2.05) is 37.3 Å². The van der Waals surface area contributed by atoms with E-state index in [9.17, 15) is 4.79 Å². The molecule has 0 saturated carbocycles. The van der Waals surface area contributed by atoms with E-state index in [1.54, 1.807) is 0 Å². The second-order valence-electron chi connectivity index (χ2n) is 4.24. The monoisotopic (exact) mass is 285 g/mol. The molecule has 3 nitrogen and oxygen atoms in total. The Labute approximate surface area is 122 Å². The molecule has 1 aromatic heterocycles. The third kappa shape index (κ3) is 3.46. The lowest BCUT2D eigenvalue weighted by molar-refractivity contribution is 0.0506. The lowest BCUT2D eigenvalue weighted by Gasteiger charge is -2.01. The molecule has 0 aliphatic carbocycles. The van der Waals surface area contributed by atoms with Crippen molar-refractivity contribution in [3.63, 3.8) is 0 Å². The van der Waals surface area contributed by atoms with Crippen molar-refractivity contribution in [2.45, 2.75) is 19.8 Å². The fourth-order valence-electron chi connectivity index (χ4n) is 1.69. The van der Waals surface area contributed by atoms with E-state index in [-0.39, 0.29) is 5.97 Å². The van der Waals surface area contributed by atoms with Crippen molar-refractivity contribution in [3.8, 4) is 22.9 Å². The molecule has 4 heteroatoms. The molecule has 0 saturated heterocycles. The van der Waals surface area contributed by atoms with Gasteiger partial charge >= 0.3 is 5.97 Å². The molecule has 0 radical (unpaired) electrons. The molecule has 2 aromatic rings. The Balaban J connectivity index is 2.08. The van der Waals surface area contributed by atoms with E-state index < -0.39 is 0 Å². The van der Waals surface area contributed by atoms with Gasteiger partial charge in [-0.3, -0.25) is 0 Å². The van der Waals surface area contributed by atoms with Gasteiger partial charge in [-0.2, -0.15) is 0 Å². The lowest BCUT2D eigenvalue weighted by Crippen LogP contribution is -2.05. The van der Waals surface area contributed by atoms with Crippen molar-refractivity contribution in [3.05, 3.63) is 40.9 Å². The molecule has 0 spiro atoms. The summed E-state index contributed by atoms with van der Waals surface area (Å²) in [6.45, 7) is 2.17. The summed E-state index contributed by atoms with van der Waals surface area (Å²) in [5.74, 6) is 2.20. The molecular weight excluding hydrogens is 270 g/mol. The maximum absolute atomic E-state index is 12.0. The fourth-order valence-corrected chi connectivity index (χ4v) is 2.66. The Morgan fingerprint density at radius 2 is 2.15 bits per heavy atom. The average molecular weight is 285 g/mol. The van der Waals surface area contributed by atoms with Crippen LogP contribution in [0.2, 0.25) is 0 Å². The van der Waals surface area contributed by atoms with Crippen molar-refractivity contribution in [1.29, 1.82) is 0 Å². The molecule has 0 atom stereocenters. The Bertz CT molecular complexity index is 626. The van der Waals surface area contributed by atoms with Crippen molar-refractivity contribution in [1.82, 2.24) is 4.98 Å². The number of nitrogens with zero attached hydrogens (tertiary/aromatic N) is 1. The smallest absolute Gasteiger partial charge is 0.350 e. The van der Waals surface area contributed by atoms with Gasteiger partial charge in [-0.25, -0.2) is 9.78 Å². The number of thiazole rings is 1. The molecule has 1 heterocycles. The summed E-state index contributed by atoms with van der Waals surface area (Å²) in [4.78, 5) is 17.0. The minimum atomic E-state index is -0.320. The number of carbonyl (C=O) groups excluding carboxylic acids is 1. The fraction of sp³-hybridized carbons (Fsp3) is 0.250. The van der Waals surface area contributed by atoms with Gasteiger partial charge in [-0.05, 0) is 13.3 Å². The van der Waals surface area contributed by atoms with E-state index in [1.165, 1.54) is 11.3 Å². The van der Waals surface area contributed by atoms with E-state index in [0.717, 1.165) is 10.6 Å². The van der Waals surface area contributed by atoms with Crippen LogP contribution in [0.4, 0.5) is 0 Å². The minimum Gasteiger partial charge on any atom is -0.461 e. The van der Waals surface area contributed by atoms with Crippen LogP contribution < -0.4 is 0 Å². The maximum atomic E-state index is 12.0. The number of aryl methyl sites for hydroxylation is 1. The summed E-state index contributed by atoms with van der Waals surface area (Å²) in [6, 6.07) is 9.79. The third-order valence-electron chi connectivity index (χ3n) is 2.70. The first kappa shape index (κ1) is 14.3. The van der Waals surface area contributed by atoms with Gasteiger partial charge in [0.05, 0.1) is 12.3 Å². The Hall–Kier alpha value is -2.12. The van der Waals surface area contributed by atoms with Gasteiger partial charge in [0.25, 0.3) is 0 Å². The largest absolute Gasteiger partial charge is 0.461 e. The van der Waals surface area contributed by atoms with Crippen LogP contribution in [0.5, 0.6) is 0 Å². The van der Waals surface area contributed by atoms with Crippen LogP contribution in [0.3, 0.4) is 0 Å². The Morgan fingerprint density at radius 3 is 2.85 bits per heavy atom. The van der Waals surface area contributed by atoms with Gasteiger partial charge < -0.3 is 4.74 Å². The molecule has 0 unspecified atom stereocenters.